The third-order valence-corrected chi connectivity index (χ3v) is 5.24. The van der Waals surface area contributed by atoms with Gasteiger partial charge in [-0.1, -0.05) is 18.2 Å². The molecule has 0 spiro atoms. The molecule has 1 atom stereocenters. The van der Waals surface area contributed by atoms with Crippen LogP contribution >= 0.6 is 0 Å². The van der Waals surface area contributed by atoms with Gasteiger partial charge in [-0.15, -0.1) is 5.10 Å². The van der Waals surface area contributed by atoms with Crippen molar-refractivity contribution in [3.63, 3.8) is 0 Å². The first kappa shape index (κ1) is 19.1. The van der Waals surface area contributed by atoms with Crippen LogP contribution in [0.1, 0.15) is 42.5 Å². The monoisotopic (exact) mass is 395 g/mol. The maximum Gasteiger partial charge on any atom is 0.437 e. The van der Waals surface area contributed by atoms with Gasteiger partial charge in [-0.05, 0) is 73.6 Å². The van der Waals surface area contributed by atoms with Crippen molar-refractivity contribution in [2.24, 2.45) is 0 Å². The third kappa shape index (κ3) is 4.29. The number of benzene rings is 2. The van der Waals surface area contributed by atoms with Crippen LogP contribution in [0.15, 0.2) is 51.7 Å². The minimum atomic E-state index is -0.735. The van der Waals surface area contributed by atoms with Crippen LogP contribution in [0.25, 0.3) is 11.5 Å². The maximum absolute atomic E-state index is 13.0. The average Bonchev–Trinajstić information content (AvgIpc) is 3.08. The molecule has 1 N–H and O–H groups in total. The minimum absolute atomic E-state index is 0.0468. The van der Waals surface area contributed by atoms with E-state index >= 15 is 0 Å². The van der Waals surface area contributed by atoms with Crippen LogP contribution in [0.4, 0.5) is 4.39 Å². The second-order valence-electron chi connectivity index (χ2n) is 7.36. The molecule has 1 unspecified atom stereocenters. The molecule has 2 aromatic carbocycles. The Hall–Kier alpha value is -3.22. The highest BCUT2D eigenvalue weighted by molar-refractivity contribution is 5.76. The molecule has 1 amide bonds. The van der Waals surface area contributed by atoms with Gasteiger partial charge < -0.3 is 9.73 Å². The van der Waals surface area contributed by atoms with Gasteiger partial charge >= 0.3 is 5.76 Å². The second kappa shape index (κ2) is 8.03. The van der Waals surface area contributed by atoms with E-state index in [0.29, 0.717) is 5.56 Å². The number of aryl methyl sites for hydroxylation is 2. The number of halogens is 1. The molecular weight excluding hydrogens is 373 g/mol. The highest BCUT2D eigenvalue weighted by Crippen LogP contribution is 2.24. The molecule has 29 heavy (non-hydrogen) atoms. The summed E-state index contributed by atoms with van der Waals surface area (Å²) in [6, 6.07) is 11.6. The first-order valence-corrected chi connectivity index (χ1v) is 9.74. The predicted octanol–water partition coefficient (Wildman–Crippen LogP) is 3.40. The van der Waals surface area contributed by atoms with E-state index in [9.17, 15) is 14.0 Å². The number of amides is 1. The molecule has 4 rings (SSSR count). The fraction of sp³-hybridized carbons (Fsp3) is 0.318. The number of nitrogens with one attached hydrogen (secondary N) is 1. The molecule has 1 aromatic heterocycles. The molecule has 0 aliphatic heterocycles. The molecule has 3 aromatic rings. The molecule has 0 radical (unpaired) electrons. The van der Waals surface area contributed by atoms with Crippen molar-refractivity contribution in [2.75, 3.05) is 0 Å². The maximum atomic E-state index is 13.0. The molecule has 0 saturated carbocycles. The quantitative estimate of drug-likeness (QED) is 0.718. The van der Waals surface area contributed by atoms with Crippen molar-refractivity contribution in [1.29, 1.82) is 0 Å². The van der Waals surface area contributed by atoms with Crippen LogP contribution in [0.2, 0.25) is 0 Å². The number of carbonyl (C=O) groups excluding carboxylic acids is 1. The number of hydrogen-bond donors (Lipinski definition) is 1. The SMILES string of the molecule is CC(NC(=O)Cn1nc(-c2ccc(F)cc2)oc1=O)c1ccc2c(c1)CCCC2. The lowest BCUT2D eigenvalue weighted by atomic mass is 9.89. The van der Waals surface area contributed by atoms with E-state index in [4.69, 9.17) is 4.42 Å². The molecule has 150 valence electrons. The van der Waals surface area contributed by atoms with Crippen LogP contribution in [-0.2, 0) is 24.2 Å². The summed E-state index contributed by atoms with van der Waals surface area (Å²) < 4.78 is 19.1. The van der Waals surface area contributed by atoms with Gasteiger partial charge in [0.25, 0.3) is 0 Å². The standard InChI is InChI=1S/C22H22FN3O3/c1-14(17-7-6-15-4-2-3-5-18(15)12-17)24-20(27)13-26-22(28)29-21(25-26)16-8-10-19(23)11-9-16/h6-12,14H,2-5,13H2,1H3,(H,24,27). The van der Waals surface area contributed by atoms with Crippen molar-refractivity contribution in [3.8, 4) is 11.5 Å². The van der Waals surface area contributed by atoms with Crippen LogP contribution in [0.5, 0.6) is 0 Å². The summed E-state index contributed by atoms with van der Waals surface area (Å²) in [5.41, 5.74) is 4.25. The molecule has 0 bridgehead atoms. The minimum Gasteiger partial charge on any atom is -0.388 e. The van der Waals surface area contributed by atoms with E-state index in [0.717, 1.165) is 23.1 Å². The van der Waals surface area contributed by atoms with E-state index < -0.39 is 11.6 Å². The zero-order valence-corrected chi connectivity index (χ0v) is 16.2. The van der Waals surface area contributed by atoms with Gasteiger partial charge in [-0.2, -0.15) is 4.68 Å². The van der Waals surface area contributed by atoms with E-state index in [1.165, 1.54) is 48.2 Å². The molecule has 6 nitrogen and oxygen atoms in total. The van der Waals surface area contributed by atoms with Crippen LogP contribution in [0, 0.1) is 5.82 Å². The first-order valence-electron chi connectivity index (χ1n) is 9.74. The topological polar surface area (TPSA) is 77.1 Å². The zero-order chi connectivity index (χ0) is 20.4. The van der Waals surface area contributed by atoms with Gasteiger partial charge in [0.15, 0.2) is 0 Å². The van der Waals surface area contributed by atoms with Gasteiger partial charge in [-0.25, -0.2) is 9.18 Å². The lowest BCUT2D eigenvalue weighted by Crippen LogP contribution is -2.33. The summed E-state index contributed by atoms with van der Waals surface area (Å²) in [5, 5.41) is 6.95. The summed E-state index contributed by atoms with van der Waals surface area (Å²) in [7, 11) is 0. The summed E-state index contributed by atoms with van der Waals surface area (Å²) in [4.78, 5) is 24.4. The van der Waals surface area contributed by atoms with Gasteiger partial charge in [0.05, 0.1) is 6.04 Å². The Labute approximate surface area is 167 Å². The molecule has 0 fully saturated rings. The van der Waals surface area contributed by atoms with Crippen LogP contribution in [0.3, 0.4) is 0 Å². The Morgan fingerprint density at radius 1 is 1.17 bits per heavy atom. The molecule has 1 heterocycles. The number of aromatic nitrogens is 2. The molecule has 1 aliphatic rings. The van der Waals surface area contributed by atoms with Crippen LogP contribution < -0.4 is 11.1 Å². The number of rotatable bonds is 5. The number of fused-ring (bicyclic) bond motifs is 1. The summed E-state index contributed by atoms with van der Waals surface area (Å²) in [6.07, 6.45) is 4.61. The Morgan fingerprint density at radius 2 is 1.90 bits per heavy atom. The summed E-state index contributed by atoms with van der Waals surface area (Å²) >= 11 is 0. The lowest BCUT2D eigenvalue weighted by Gasteiger charge is -2.20. The van der Waals surface area contributed by atoms with Crippen molar-refractivity contribution < 1.29 is 13.6 Å². The first-order chi connectivity index (χ1) is 14.0. The highest BCUT2D eigenvalue weighted by atomic mass is 19.1. The van der Waals surface area contributed by atoms with E-state index in [2.05, 4.69) is 22.5 Å². The molecule has 0 saturated heterocycles. The Kier molecular flexibility index (Phi) is 5.29. The third-order valence-electron chi connectivity index (χ3n) is 5.24. The van der Waals surface area contributed by atoms with E-state index in [1.54, 1.807) is 0 Å². The molecular formula is C22H22FN3O3. The van der Waals surface area contributed by atoms with Gasteiger partial charge in [0, 0.05) is 5.56 Å². The van der Waals surface area contributed by atoms with Gasteiger partial charge in [0.1, 0.15) is 12.4 Å². The van der Waals surface area contributed by atoms with Crippen molar-refractivity contribution in [3.05, 3.63) is 75.5 Å². The molecule has 1 aliphatic carbocycles. The predicted molar refractivity (Wildman–Crippen MR) is 106 cm³/mol. The van der Waals surface area contributed by atoms with E-state index in [-0.39, 0.29) is 24.4 Å². The number of carbonyl (C=O) groups is 1. The lowest BCUT2D eigenvalue weighted by molar-refractivity contribution is -0.122. The Bertz CT molecular complexity index is 1090. The van der Waals surface area contributed by atoms with Crippen LogP contribution in [-0.4, -0.2) is 15.7 Å². The van der Waals surface area contributed by atoms with Crippen molar-refractivity contribution in [1.82, 2.24) is 15.1 Å². The summed E-state index contributed by atoms with van der Waals surface area (Å²) in [5.74, 6) is -1.42. The largest absolute Gasteiger partial charge is 0.437 e. The number of nitrogens with zero attached hydrogens (tertiary/aromatic N) is 2. The van der Waals surface area contributed by atoms with Gasteiger partial charge in [-0.3, -0.25) is 4.79 Å². The smallest absolute Gasteiger partial charge is 0.388 e. The fourth-order valence-corrected chi connectivity index (χ4v) is 3.64. The van der Waals surface area contributed by atoms with E-state index in [1.807, 2.05) is 13.0 Å². The van der Waals surface area contributed by atoms with Crippen molar-refractivity contribution in [2.45, 2.75) is 45.2 Å². The fourth-order valence-electron chi connectivity index (χ4n) is 3.64. The Morgan fingerprint density at radius 3 is 2.66 bits per heavy atom. The van der Waals surface area contributed by atoms with Crippen molar-refractivity contribution >= 4 is 5.91 Å². The number of hydrogen-bond acceptors (Lipinski definition) is 4. The highest BCUT2D eigenvalue weighted by Gasteiger charge is 2.17. The normalized spacial score (nSPS) is 14.3. The molecule has 7 heteroatoms. The summed E-state index contributed by atoms with van der Waals surface area (Å²) in [6.45, 7) is 1.66. The second-order valence-corrected chi connectivity index (χ2v) is 7.36. The Balaban J connectivity index is 1.43. The average molecular weight is 395 g/mol. The van der Waals surface area contributed by atoms with Gasteiger partial charge in [0.2, 0.25) is 11.8 Å². The zero-order valence-electron chi connectivity index (χ0n) is 16.2.